The number of hydrogen-bond acceptors (Lipinski definition) is 3. The molecule has 18 heavy (non-hydrogen) atoms. The lowest BCUT2D eigenvalue weighted by Crippen LogP contribution is -2.32. The first-order chi connectivity index (χ1) is 8.43. The quantitative estimate of drug-likeness (QED) is 0.609. The molecule has 1 aromatic rings. The molecule has 0 spiro atoms. The fourth-order valence-electron chi connectivity index (χ4n) is 1.53. The summed E-state index contributed by atoms with van der Waals surface area (Å²) in [5.74, 6) is 2.26. The summed E-state index contributed by atoms with van der Waals surface area (Å²) in [6, 6.07) is 6.98. The molecular weight excluding hydrogens is 248 g/mol. The lowest BCUT2D eigenvalue weighted by molar-refractivity contribution is 0.480. The third-order valence-electron chi connectivity index (χ3n) is 2.48. The van der Waals surface area contributed by atoms with E-state index in [2.05, 4.69) is 5.92 Å². The standard InChI is InChI=1S/C13H14N2O2S/c1-4-8-15(9-7-14)18(16,17)13-10-11(2)5-6-12(13)3/h1,5-6,10H,8-9H2,2-3H3. The molecule has 0 unspecified atom stereocenters. The van der Waals surface area contributed by atoms with Crippen LogP contribution in [0.1, 0.15) is 11.1 Å². The Kier molecular flexibility index (Phi) is 4.49. The average molecular weight is 262 g/mol. The normalized spacial score (nSPS) is 10.9. The van der Waals surface area contributed by atoms with Crippen LogP contribution in [0.25, 0.3) is 0 Å². The van der Waals surface area contributed by atoms with Crippen LogP contribution in [0.4, 0.5) is 0 Å². The molecule has 0 N–H and O–H groups in total. The molecule has 0 amide bonds. The fourth-order valence-corrected chi connectivity index (χ4v) is 3.09. The first-order valence-electron chi connectivity index (χ1n) is 5.31. The molecule has 94 valence electrons. The summed E-state index contributed by atoms with van der Waals surface area (Å²) in [5, 5.41) is 8.67. The third kappa shape index (κ3) is 2.89. The van der Waals surface area contributed by atoms with Gasteiger partial charge >= 0.3 is 0 Å². The summed E-state index contributed by atoms with van der Waals surface area (Å²) >= 11 is 0. The van der Waals surface area contributed by atoms with Crippen molar-refractivity contribution in [2.75, 3.05) is 13.1 Å². The van der Waals surface area contributed by atoms with Crippen LogP contribution in [-0.4, -0.2) is 25.8 Å². The van der Waals surface area contributed by atoms with E-state index in [0.717, 1.165) is 9.87 Å². The number of rotatable bonds is 4. The van der Waals surface area contributed by atoms with Crippen molar-refractivity contribution in [1.82, 2.24) is 4.31 Å². The van der Waals surface area contributed by atoms with E-state index < -0.39 is 10.0 Å². The Morgan fingerprint density at radius 3 is 2.56 bits per heavy atom. The van der Waals surface area contributed by atoms with E-state index >= 15 is 0 Å². The third-order valence-corrected chi connectivity index (χ3v) is 4.41. The first-order valence-corrected chi connectivity index (χ1v) is 6.75. The highest BCUT2D eigenvalue weighted by Gasteiger charge is 2.25. The first kappa shape index (κ1) is 14.2. The molecule has 1 aromatic carbocycles. The maximum absolute atomic E-state index is 12.4. The molecule has 5 heteroatoms. The van der Waals surface area contributed by atoms with Gasteiger partial charge in [-0.05, 0) is 31.0 Å². The highest BCUT2D eigenvalue weighted by molar-refractivity contribution is 7.89. The van der Waals surface area contributed by atoms with Crippen LogP contribution in [0.2, 0.25) is 0 Å². The van der Waals surface area contributed by atoms with Gasteiger partial charge < -0.3 is 0 Å². The molecular formula is C13H14N2O2S. The molecule has 0 saturated heterocycles. The van der Waals surface area contributed by atoms with Gasteiger partial charge in [-0.15, -0.1) is 6.42 Å². The number of benzene rings is 1. The molecule has 0 fully saturated rings. The summed E-state index contributed by atoms with van der Waals surface area (Å²) in [4.78, 5) is 0.202. The average Bonchev–Trinajstić information content (AvgIpc) is 2.32. The summed E-state index contributed by atoms with van der Waals surface area (Å²) < 4.78 is 25.7. The van der Waals surface area contributed by atoms with Crippen LogP contribution >= 0.6 is 0 Å². The SMILES string of the molecule is C#CCN(CC#N)S(=O)(=O)c1cc(C)ccc1C. The molecule has 1 rings (SSSR count). The van der Waals surface area contributed by atoms with Crippen LogP contribution in [0.3, 0.4) is 0 Å². The fraction of sp³-hybridized carbons (Fsp3) is 0.308. The van der Waals surface area contributed by atoms with Crippen LogP contribution in [0.15, 0.2) is 23.1 Å². The monoisotopic (exact) mass is 262 g/mol. The zero-order valence-electron chi connectivity index (χ0n) is 10.3. The van der Waals surface area contributed by atoms with Gasteiger partial charge in [-0.3, -0.25) is 0 Å². The number of nitrogens with zero attached hydrogens (tertiary/aromatic N) is 2. The van der Waals surface area contributed by atoms with E-state index in [-0.39, 0.29) is 18.0 Å². The summed E-state index contributed by atoms with van der Waals surface area (Å²) in [7, 11) is -3.71. The Bertz CT molecular complexity index is 605. The van der Waals surface area contributed by atoms with Crippen molar-refractivity contribution < 1.29 is 8.42 Å². The molecule has 0 aromatic heterocycles. The second-order valence-electron chi connectivity index (χ2n) is 3.90. The van der Waals surface area contributed by atoms with Crippen molar-refractivity contribution in [3.05, 3.63) is 29.3 Å². The lowest BCUT2D eigenvalue weighted by atomic mass is 10.2. The van der Waals surface area contributed by atoms with Gasteiger partial charge in [0.1, 0.15) is 6.54 Å². The van der Waals surface area contributed by atoms with Gasteiger partial charge in [0.15, 0.2) is 0 Å². The minimum Gasteiger partial charge on any atom is -0.207 e. The zero-order chi connectivity index (χ0) is 13.8. The predicted octanol–water partition coefficient (Wildman–Crippen LogP) is 1.45. The van der Waals surface area contributed by atoms with Crippen molar-refractivity contribution >= 4 is 10.0 Å². The summed E-state index contributed by atoms with van der Waals surface area (Å²) in [6.07, 6.45) is 5.14. The van der Waals surface area contributed by atoms with Gasteiger partial charge in [0.2, 0.25) is 10.0 Å². The van der Waals surface area contributed by atoms with E-state index in [1.807, 2.05) is 19.1 Å². The van der Waals surface area contributed by atoms with Crippen molar-refractivity contribution in [1.29, 1.82) is 5.26 Å². The number of nitriles is 1. The maximum Gasteiger partial charge on any atom is 0.245 e. The van der Waals surface area contributed by atoms with Crippen LogP contribution in [-0.2, 0) is 10.0 Å². The highest BCUT2D eigenvalue weighted by atomic mass is 32.2. The molecule has 0 bridgehead atoms. The topological polar surface area (TPSA) is 61.2 Å². The minimum atomic E-state index is -3.71. The van der Waals surface area contributed by atoms with Crippen LogP contribution < -0.4 is 0 Å². The Morgan fingerprint density at radius 2 is 2.00 bits per heavy atom. The smallest absolute Gasteiger partial charge is 0.207 e. The molecule has 0 aliphatic carbocycles. The highest BCUT2D eigenvalue weighted by Crippen LogP contribution is 2.20. The van der Waals surface area contributed by atoms with Gasteiger partial charge in [-0.25, -0.2) is 8.42 Å². The van der Waals surface area contributed by atoms with E-state index in [4.69, 9.17) is 11.7 Å². The number of sulfonamides is 1. The Hall–Kier alpha value is -1.82. The van der Waals surface area contributed by atoms with Crippen molar-refractivity contribution in [3.8, 4) is 18.4 Å². The Labute approximate surface area is 108 Å². The van der Waals surface area contributed by atoms with Gasteiger partial charge in [-0.2, -0.15) is 9.57 Å². The van der Waals surface area contributed by atoms with E-state index in [1.54, 1.807) is 19.1 Å². The van der Waals surface area contributed by atoms with E-state index in [9.17, 15) is 8.42 Å². The van der Waals surface area contributed by atoms with E-state index in [0.29, 0.717) is 5.56 Å². The van der Waals surface area contributed by atoms with Crippen molar-refractivity contribution in [2.45, 2.75) is 18.7 Å². The molecule has 0 heterocycles. The second kappa shape index (κ2) is 5.68. The van der Waals surface area contributed by atoms with Crippen molar-refractivity contribution in [3.63, 3.8) is 0 Å². The summed E-state index contributed by atoms with van der Waals surface area (Å²) in [6.45, 7) is 3.17. The molecule has 4 nitrogen and oxygen atoms in total. The van der Waals surface area contributed by atoms with Gasteiger partial charge in [0.05, 0.1) is 17.5 Å². The molecule has 0 saturated carbocycles. The predicted molar refractivity (Wildman–Crippen MR) is 69.1 cm³/mol. The van der Waals surface area contributed by atoms with E-state index in [1.165, 1.54) is 0 Å². The number of hydrogen-bond donors (Lipinski definition) is 0. The largest absolute Gasteiger partial charge is 0.245 e. The molecule has 0 radical (unpaired) electrons. The minimum absolute atomic E-state index is 0.108. The Balaban J connectivity index is 3.32. The van der Waals surface area contributed by atoms with Crippen LogP contribution in [0.5, 0.6) is 0 Å². The van der Waals surface area contributed by atoms with Crippen LogP contribution in [0, 0.1) is 37.5 Å². The van der Waals surface area contributed by atoms with Gasteiger partial charge in [0, 0.05) is 0 Å². The Morgan fingerprint density at radius 1 is 1.33 bits per heavy atom. The number of terminal acetylenes is 1. The lowest BCUT2D eigenvalue weighted by Gasteiger charge is -2.18. The zero-order valence-corrected chi connectivity index (χ0v) is 11.2. The summed E-state index contributed by atoms with van der Waals surface area (Å²) in [5.41, 5.74) is 1.48. The number of aryl methyl sites for hydroxylation is 2. The maximum atomic E-state index is 12.4. The molecule has 0 aliphatic heterocycles. The van der Waals surface area contributed by atoms with Gasteiger partial charge in [-0.1, -0.05) is 18.1 Å². The van der Waals surface area contributed by atoms with Gasteiger partial charge in [0.25, 0.3) is 0 Å². The van der Waals surface area contributed by atoms with Crippen molar-refractivity contribution in [2.24, 2.45) is 0 Å². The molecule has 0 atom stereocenters. The second-order valence-corrected chi connectivity index (χ2v) is 5.81. The molecule has 0 aliphatic rings.